The molecule has 2 aromatic carbocycles. The first kappa shape index (κ1) is 33.7. The molecule has 0 bridgehead atoms. The summed E-state index contributed by atoms with van der Waals surface area (Å²) in [6, 6.07) is 12.2. The fraction of sp³-hybridized carbons (Fsp3) is 0.529. The van der Waals surface area contributed by atoms with Gasteiger partial charge in [-0.1, -0.05) is 32.1 Å². The standard InChI is InChI=1S/C17H24O4S.C13H17NO.C4H8O/c1-12-11-17(2,3)16(6-5-9-22(18,19)20)15-10-13(21-4)7-8-14(12)15;1-9-8-13(2,3)14-12-7-10(15-4)5-6-11(9)12;1-2-4-5-3-1/h7-8,10-11,16H,5-6,9H2,1-4H3,(H,18,19,20);5-8,14H,1-4H3;1-4H2/p-1. The number of nitrogens with one attached hydrogen (secondary N) is 1. The van der Waals surface area contributed by atoms with Gasteiger partial charge in [0.2, 0.25) is 0 Å². The maximum atomic E-state index is 10.8. The first-order chi connectivity index (χ1) is 19.7. The monoisotopic (exact) mass is 598 g/mol. The molecule has 7 nitrogen and oxygen atoms in total. The lowest BCUT2D eigenvalue weighted by molar-refractivity contribution is 0.198. The van der Waals surface area contributed by atoms with Crippen LogP contribution in [0.2, 0.25) is 0 Å². The quantitative estimate of drug-likeness (QED) is 0.341. The molecule has 2 heterocycles. The largest absolute Gasteiger partial charge is 0.748 e. The van der Waals surface area contributed by atoms with Crippen molar-refractivity contribution in [3.8, 4) is 11.5 Å². The Morgan fingerprint density at radius 2 is 1.48 bits per heavy atom. The fourth-order valence-electron chi connectivity index (χ4n) is 6.05. The van der Waals surface area contributed by atoms with Gasteiger partial charge in [0, 0.05) is 36.3 Å². The normalized spacial score (nSPS) is 19.7. The first-order valence-electron chi connectivity index (χ1n) is 14.7. The van der Waals surface area contributed by atoms with Gasteiger partial charge in [-0.05, 0) is 111 Å². The molecule has 1 unspecified atom stereocenters. The van der Waals surface area contributed by atoms with E-state index in [9.17, 15) is 13.0 Å². The lowest BCUT2D eigenvalue weighted by Crippen LogP contribution is -2.31. The second-order valence-electron chi connectivity index (χ2n) is 12.5. The van der Waals surface area contributed by atoms with E-state index in [4.69, 9.17) is 14.2 Å². The zero-order chi connectivity index (χ0) is 31.1. The highest BCUT2D eigenvalue weighted by Gasteiger charge is 2.34. The summed E-state index contributed by atoms with van der Waals surface area (Å²) < 4.78 is 48.0. The molecule has 0 amide bonds. The molecule has 1 aliphatic carbocycles. The summed E-state index contributed by atoms with van der Waals surface area (Å²) >= 11 is 0. The highest BCUT2D eigenvalue weighted by Crippen LogP contribution is 2.48. The van der Waals surface area contributed by atoms with Crippen molar-refractivity contribution in [3.05, 3.63) is 65.2 Å². The van der Waals surface area contributed by atoms with Crippen molar-refractivity contribution in [2.75, 3.05) is 38.5 Å². The van der Waals surface area contributed by atoms with E-state index in [0.717, 1.165) is 30.4 Å². The van der Waals surface area contributed by atoms with Crippen LogP contribution in [0, 0.1) is 5.41 Å². The van der Waals surface area contributed by atoms with Crippen LogP contribution in [-0.4, -0.2) is 51.7 Å². The minimum Gasteiger partial charge on any atom is -0.748 e. The van der Waals surface area contributed by atoms with E-state index < -0.39 is 10.1 Å². The Bertz CT molecular complexity index is 1380. The number of rotatable bonds is 6. The van der Waals surface area contributed by atoms with Crippen molar-refractivity contribution >= 4 is 27.0 Å². The van der Waals surface area contributed by atoms with E-state index in [1.165, 1.54) is 40.7 Å². The Morgan fingerprint density at radius 3 is 2.02 bits per heavy atom. The van der Waals surface area contributed by atoms with Crippen LogP contribution >= 0.6 is 0 Å². The zero-order valence-corrected chi connectivity index (χ0v) is 27.3. The number of benzene rings is 2. The van der Waals surface area contributed by atoms with Crippen molar-refractivity contribution in [2.24, 2.45) is 5.41 Å². The number of fused-ring (bicyclic) bond motifs is 2. The lowest BCUT2D eigenvalue weighted by atomic mass is 9.66. The minimum atomic E-state index is -4.15. The zero-order valence-electron chi connectivity index (χ0n) is 26.5. The fourth-order valence-corrected chi connectivity index (χ4v) is 6.57. The second kappa shape index (κ2) is 14.1. The van der Waals surface area contributed by atoms with Crippen LogP contribution in [0.4, 0.5) is 5.69 Å². The molecule has 0 radical (unpaired) electrons. The maximum absolute atomic E-state index is 10.8. The summed E-state index contributed by atoms with van der Waals surface area (Å²) in [5.41, 5.74) is 7.23. The maximum Gasteiger partial charge on any atom is 0.120 e. The molecule has 3 aliphatic rings. The number of allylic oxidation sites excluding steroid dienone is 3. The van der Waals surface area contributed by atoms with Gasteiger partial charge in [0.05, 0.1) is 29.9 Å². The van der Waals surface area contributed by atoms with Crippen molar-refractivity contribution in [1.82, 2.24) is 0 Å². The summed E-state index contributed by atoms with van der Waals surface area (Å²) in [6.45, 7) is 14.9. The van der Waals surface area contributed by atoms with Gasteiger partial charge in [0.25, 0.3) is 0 Å². The van der Waals surface area contributed by atoms with E-state index >= 15 is 0 Å². The van der Waals surface area contributed by atoms with Crippen LogP contribution in [0.25, 0.3) is 11.1 Å². The number of anilines is 1. The Kier molecular flexibility index (Phi) is 11.3. The molecule has 232 valence electrons. The van der Waals surface area contributed by atoms with Crippen molar-refractivity contribution in [3.63, 3.8) is 0 Å². The molecular formula is C34H48NO6S-. The SMILES string of the molecule is C1CCOC1.COc1ccc2c(c1)C(CCCS(=O)(=O)[O-])C(C)(C)C=C2C.COc1ccc2c(c1)NC(C)(C)C=C2C. The van der Waals surface area contributed by atoms with Crippen LogP contribution < -0.4 is 14.8 Å². The van der Waals surface area contributed by atoms with Gasteiger partial charge in [-0.25, -0.2) is 8.42 Å². The van der Waals surface area contributed by atoms with Gasteiger partial charge >= 0.3 is 0 Å². The van der Waals surface area contributed by atoms with Gasteiger partial charge in [0.15, 0.2) is 0 Å². The van der Waals surface area contributed by atoms with E-state index in [2.05, 4.69) is 65.1 Å². The Hall–Kier alpha value is -2.81. The number of hydrogen-bond donors (Lipinski definition) is 1. The third kappa shape index (κ3) is 9.35. The molecular weight excluding hydrogens is 550 g/mol. The van der Waals surface area contributed by atoms with Crippen molar-refractivity contribution in [2.45, 2.75) is 78.7 Å². The molecule has 2 aliphatic heterocycles. The van der Waals surface area contributed by atoms with E-state index in [1.54, 1.807) is 14.2 Å². The third-order valence-electron chi connectivity index (χ3n) is 7.95. The van der Waals surface area contributed by atoms with Gasteiger partial charge in [-0.15, -0.1) is 0 Å². The van der Waals surface area contributed by atoms with Crippen LogP contribution in [0.15, 0.2) is 48.6 Å². The molecule has 5 rings (SSSR count). The molecule has 0 aromatic heterocycles. The average Bonchev–Trinajstić information content (AvgIpc) is 3.49. The van der Waals surface area contributed by atoms with Crippen LogP contribution in [0.3, 0.4) is 0 Å². The van der Waals surface area contributed by atoms with Crippen LogP contribution in [-0.2, 0) is 14.9 Å². The Balaban J connectivity index is 0.000000207. The molecule has 2 aromatic rings. The molecule has 8 heteroatoms. The molecule has 1 atom stereocenters. The van der Waals surface area contributed by atoms with Gasteiger partial charge < -0.3 is 24.1 Å². The Morgan fingerprint density at radius 1 is 0.905 bits per heavy atom. The Labute approximate surface area is 253 Å². The smallest absolute Gasteiger partial charge is 0.120 e. The topological polar surface area (TPSA) is 96.9 Å². The van der Waals surface area contributed by atoms with E-state index in [0.29, 0.717) is 12.8 Å². The predicted octanol–water partition coefficient (Wildman–Crippen LogP) is 7.65. The number of hydrogen-bond acceptors (Lipinski definition) is 7. The van der Waals surface area contributed by atoms with E-state index in [-0.39, 0.29) is 22.6 Å². The van der Waals surface area contributed by atoms with Gasteiger partial charge in [0.1, 0.15) is 11.5 Å². The summed E-state index contributed by atoms with van der Waals surface area (Å²) in [7, 11) is -0.824. The molecule has 1 fully saturated rings. The molecule has 0 saturated carbocycles. The van der Waals surface area contributed by atoms with Gasteiger partial charge in [-0.2, -0.15) is 0 Å². The summed E-state index contributed by atoms with van der Waals surface area (Å²) in [5.74, 6) is 1.56. The van der Waals surface area contributed by atoms with Crippen molar-refractivity contribution < 1.29 is 27.2 Å². The predicted molar refractivity (Wildman–Crippen MR) is 171 cm³/mol. The first-order valence-corrected chi connectivity index (χ1v) is 16.3. The summed E-state index contributed by atoms with van der Waals surface area (Å²) in [4.78, 5) is 0. The lowest BCUT2D eigenvalue weighted by Gasteiger charge is -2.38. The molecule has 1 N–H and O–H groups in total. The minimum absolute atomic E-state index is 0.0173. The third-order valence-corrected chi connectivity index (χ3v) is 8.73. The average molecular weight is 599 g/mol. The van der Waals surface area contributed by atoms with E-state index in [1.807, 2.05) is 30.3 Å². The number of methoxy groups -OCH3 is 2. The van der Waals surface area contributed by atoms with Crippen molar-refractivity contribution in [1.29, 1.82) is 0 Å². The second-order valence-corrected chi connectivity index (χ2v) is 14.0. The molecule has 0 spiro atoms. The number of ether oxygens (including phenoxy) is 3. The summed E-state index contributed by atoms with van der Waals surface area (Å²) in [5, 5.41) is 3.48. The van der Waals surface area contributed by atoms with Gasteiger partial charge in [-0.3, -0.25) is 0 Å². The molecule has 42 heavy (non-hydrogen) atoms. The molecule has 1 saturated heterocycles. The van der Waals surface area contributed by atoms with Crippen LogP contribution in [0.1, 0.15) is 89.8 Å². The van der Waals surface area contributed by atoms with Crippen LogP contribution in [0.5, 0.6) is 11.5 Å². The summed E-state index contributed by atoms with van der Waals surface area (Å²) in [6.07, 6.45) is 8.09. The highest BCUT2D eigenvalue weighted by molar-refractivity contribution is 7.85. The highest BCUT2D eigenvalue weighted by atomic mass is 32.2.